The normalized spacial score (nSPS) is 22.0. The van der Waals surface area contributed by atoms with E-state index in [0.717, 1.165) is 37.6 Å². The van der Waals surface area contributed by atoms with E-state index >= 15 is 0 Å². The van der Waals surface area contributed by atoms with Crippen molar-refractivity contribution in [3.05, 3.63) is 42.1 Å². The molecule has 0 spiro atoms. The SMILES string of the molecule is c1ccc2nc([C@H](C3CC3)N3CCNCC3)ccc2c1. The van der Waals surface area contributed by atoms with Gasteiger partial charge in [-0.3, -0.25) is 9.88 Å². The Balaban J connectivity index is 1.69. The van der Waals surface area contributed by atoms with Crippen molar-refractivity contribution >= 4 is 10.9 Å². The highest BCUT2D eigenvalue weighted by molar-refractivity contribution is 5.78. The van der Waals surface area contributed by atoms with Crippen molar-refractivity contribution < 1.29 is 0 Å². The minimum atomic E-state index is 0.529. The van der Waals surface area contributed by atoms with E-state index < -0.39 is 0 Å². The molecule has 2 aromatic rings. The van der Waals surface area contributed by atoms with Crippen LogP contribution in [0.15, 0.2) is 36.4 Å². The maximum Gasteiger partial charge on any atom is 0.0706 e. The number of aromatic nitrogens is 1. The van der Waals surface area contributed by atoms with Gasteiger partial charge in [0.25, 0.3) is 0 Å². The van der Waals surface area contributed by atoms with Crippen LogP contribution in [0, 0.1) is 5.92 Å². The van der Waals surface area contributed by atoms with Crippen molar-refractivity contribution in [2.24, 2.45) is 5.92 Å². The highest BCUT2D eigenvalue weighted by atomic mass is 15.2. The Labute approximate surface area is 120 Å². The molecular weight excluding hydrogens is 246 g/mol. The summed E-state index contributed by atoms with van der Waals surface area (Å²) in [4.78, 5) is 7.58. The Morgan fingerprint density at radius 3 is 2.65 bits per heavy atom. The minimum Gasteiger partial charge on any atom is -0.314 e. The van der Waals surface area contributed by atoms with Gasteiger partial charge >= 0.3 is 0 Å². The molecule has 1 aromatic heterocycles. The highest BCUT2D eigenvalue weighted by Crippen LogP contribution is 2.44. The van der Waals surface area contributed by atoms with Crippen molar-refractivity contribution in [1.82, 2.24) is 15.2 Å². The molecule has 1 saturated heterocycles. The van der Waals surface area contributed by atoms with E-state index in [9.17, 15) is 0 Å². The van der Waals surface area contributed by atoms with Crippen LogP contribution in [0.5, 0.6) is 0 Å². The molecule has 0 amide bonds. The number of benzene rings is 1. The van der Waals surface area contributed by atoms with Gasteiger partial charge in [-0.25, -0.2) is 0 Å². The van der Waals surface area contributed by atoms with Gasteiger partial charge < -0.3 is 5.32 Å². The lowest BCUT2D eigenvalue weighted by molar-refractivity contribution is 0.153. The van der Waals surface area contributed by atoms with E-state index in [4.69, 9.17) is 4.98 Å². The standard InChI is InChI=1S/C17H21N3/c1-2-4-15-13(3-1)7-8-16(19-15)17(14-5-6-14)20-11-9-18-10-12-20/h1-4,7-8,14,17-18H,5-6,9-12H2/t17-/m0/s1. The number of piperazine rings is 1. The number of para-hydroxylation sites is 1. The average Bonchev–Trinajstić information content (AvgIpc) is 3.33. The lowest BCUT2D eigenvalue weighted by atomic mass is 10.0. The molecule has 4 rings (SSSR count). The van der Waals surface area contributed by atoms with E-state index in [1.54, 1.807) is 0 Å². The molecule has 3 nitrogen and oxygen atoms in total. The second kappa shape index (κ2) is 5.15. The van der Waals surface area contributed by atoms with Crippen molar-refractivity contribution in [2.45, 2.75) is 18.9 Å². The Kier molecular flexibility index (Phi) is 3.17. The van der Waals surface area contributed by atoms with E-state index in [1.165, 1.54) is 23.9 Å². The molecule has 1 aromatic carbocycles. The first-order valence-electron chi connectivity index (χ1n) is 7.72. The van der Waals surface area contributed by atoms with Crippen molar-refractivity contribution in [3.63, 3.8) is 0 Å². The van der Waals surface area contributed by atoms with Crippen LogP contribution in [-0.4, -0.2) is 36.1 Å². The number of fused-ring (bicyclic) bond motifs is 1. The van der Waals surface area contributed by atoms with Crippen LogP contribution >= 0.6 is 0 Å². The molecule has 2 heterocycles. The summed E-state index contributed by atoms with van der Waals surface area (Å²) in [5.41, 5.74) is 2.40. The van der Waals surface area contributed by atoms with Crippen LogP contribution in [0.25, 0.3) is 10.9 Å². The van der Waals surface area contributed by atoms with Crippen LogP contribution in [0.2, 0.25) is 0 Å². The lowest BCUT2D eigenvalue weighted by Gasteiger charge is -2.35. The van der Waals surface area contributed by atoms with Crippen molar-refractivity contribution in [1.29, 1.82) is 0 Å². The number of hydrogen-bond acceptors (Lipinski definition) is 3. The molecule has 1 aliphatic carbocycles. The molecule has 0 radical (unpaired) electrons. The van der Waals surface area contributed by atoms with Gasteiger partial charge in [-0.15, -0.1) is 0 Å². The molecule has 1 saturated carbocycles. The largest absolute Gasteiger partial charge is 0.314 e. The van der Waals surface area contributed by atoms with Gasteiger partial charge in [0.2, 0.25) is 0 Å². The Morgan fingerprint density at radius 1 is 1.05 bits per heavy atom. The molecule has 1 atom stereocenters. The molecule has 2 aliphatic rings. The van der Waals surface area contributed by atoms with Gasteiger partial charge in [-0.05, 0) is 30.9 Å². The molecular formula is C17H21N3. The fourth-order valence-electron chi connectivity index (χ4n) is 3.35. The van der Waals surface area contributed by atoms with E-state index in [-0.39, 0.29) is 0 Å². The Hall–Kier alpha value is -1.45. The first-order valence-corrected chi connectivity index (χ1v) is 7.72. The summed E-state index contributed by atoms with van der Waals surface area (Å²) >= 11 is 0. The smallest absolute Gasteiger partial charge is 0.0706 e. The lowest BCUT2D eigenvalue weighted by Crippen LogP contribution is -2.45. The third kappa shape index (κ3) is 2.32. The number of hydrogen-bond donors (Lipinski definition) is 1. The first kappa shape index (κ1) is 12.3. The molecule has 1 aliphatic heterocycles. The van der Waals surface area contributed by atoms with E-state index in [2.05, 4.69) is 46.6 Å². The summed E-state index contributed by atoms with van der Waals surface area (Å²) in [6.45, 7) is 4.51. The summed E-state index contributed by atoms with van der Waals surface area (Å²) in [5, 5.41) is 4.69. The second-order valence-corrected chi connectivity index (χ2v) is 6.00. The number of pyridine rings is 1. The topological polar surface area (TPSA) is 28.2 Å². The van der Waals surface area contributed by atoms with E-state index in [0.29, 0.717) is 6.04 Å². The zero-order valence-corrected chi connectivity index (χ0v) is 11.8. The van der Waals surface area contributed by atoms with Gasteiger partial charge in [-0.2, -0.15) is 0 Å². The third-order valence-electron chi connectivity index (χ3n) is 4.54. The molecule has 0 unspecified atom stereocenters. The van der Waals surface area contributed by atoms with Gasteiger partial charge in [-0.1, -0.05) is 24.3 Å². The minimum absolute atomic E-state index is 0.529. The van der Waals surface area contributed by atoms with Gasteiger partial charge in [0.05, 0.1) is 17.3 Å². The van der Waals surface area contributed by atoms with Crippen LogP contribution in [0.1, 0.15) is 24.6 Å². The zero-order chi connectivity index (χ0) is 13.4. The number of rotatable bonds is 3. The van der Waals surface area contributed by atoms with Crippen LogP contribution in [-0.2, 0) is 0 Å². The number of nitrogens with zero attached hydrogens (tertiary/aromatic N) is 2. The second-order valence-electron chi connectivity index (χ2n) is 6.00. The van der Waals surface area contributed by atoms with Crippen molar-refractivity contribution in [3.8, 4) is 0 Å². The zero-order valence-electron chi connectivity index (χ0n) is 11.8. The molecule has 104 valence electrons. The van der Waals surface area contributed by atoms with Crippen LogP contribution in [0.3, 0.4) is 0 Å². The summed E-state index contributed by atoms with van der Waals surface area (Å²) in [5.74, 6) is 0.821. The molecule has 3 heteroatoms. The summed E-state index contributed by atoms with van der Waals surface area (Å²) < 4.78 is 0. The molecule has 0 bridgehead atoms. The van der Waals surface area contributed by atoms with Crippen LogP contribution in [0.4, 0.5) is 0 Å². The quantitative estimate of drug-likeness (QED) is 0.926. The predicted molar refractivity (Wildman–Crippen MR) is 81.7 cm³/mol. The fraction of sp³-hybridized carbons (Fsp3) is 0.471. The average molecular weight is 267 g/mol. The fourth-order valence-corrected chi connectivity index (χ4v) is 3.35. The maximum atomic E-state index is 4.95. The Morgan fingerprint density at radius 2 is 1.85 bits per heavy atom. The maximum absolute atomic E-state index is 4.95. The van der Waals surface area contributed by atoms with Gasteiger partial charge in [0.15, 0.2) is 0 Å². The highest BCUT2D eigenvalue weighted by Gasteiger charge is 2.37. The first-order chi connectivity index (χ1) is 9.92. The van der Waals surface area contributed by atoms with E-state index in [1.807, 2.05) is 0 Å². The molecule has 2 fully saturated rings. The molecule has 1 N–H and O–H groups in total. The van der Waals surface area contributed by atoms with Crippen molar-refractivity contribution in [2.75, 3.05) is 26.2 Å². The van der Waals surface area contributed by atoms with Gasteiger partial charge in [0, 0.05) is 31.6 Å². The summed E-state index contributed by atoms with van der Waals surface area (Å²) in [7, 11) is 0. The third-order valence-corrected chi connectivity index (χ3v) is 4.54. The molecule has 20 heavy (non-hydrogen) atoms. The number of nitrogens with one attached hydrogen (secondary N) is 1. The van der Waals surface area contributed by atoms with Crippen LogP contribution < -0.4 is 5.32 Å². The van der Waals surface area contributed by atoms with Gasteiger partial charge in [0.1, 0.15) is 0 Å². The predicted octanol–water partition coefficient (Wildman–Crippen LogP) is 2.59. The summed E-state index contributed by atoms with van der Waals surface area (Å²) in [6.07, 6.45) is 2.73. The summed E-state index contributed by atoms with van der Waals surface area (Å²) in [6, 6.07) is 13.4. The Bertz CT molecular complexity index is 600. The monoisotopic (exact) mass is 267 g/mol.